The number of ether oxygens (including phenoxy) is 3. The number of benzene rings is 2. The normalized spacial score (nSPS) is 9.88. The van der Waals surface area contributed by atoms with E-state index in [4.69, 9.17) is 14.3 Å². The highest BCUT2D eigenvalue weighted by Gasteiger charge is 2.25. The third kappa shape index (κ3) is 10.7. The van der Waals surface area contributed by atoms with Crippen LogP contribution >= 0.6 is 15.9 Å². The van der Waals surface area contributed by atoms with E-state index in [1.807, 2.05) is 0 Å². The summed E-state index contributed by atoms with van der Waals surface area (Å²) in [4.78, 5) is 62.0. The molecule has 0 atom stereocenters. The molecule has 3 rings (SSSR count). The quantitative estimate of drug-likeness (QED) is 0.0648. The molecule has 0 amide bonds. The largest absolute Gasteiger partial charge is 0.507 e. The number of nitro benzene ring substituents is 2. The molecule has 0 saturated carbocycles. The average Bonchev–Trinajstić information content (AvgIpc) is 3.37. The van der Waals surface area contributed by atoms with E-state index < -0.39 is 32.6 Å². The molecule has 0 saturated heterocycles. The number of nitro groups is 2. The van der Waals surface area contributed by atoms with E-state index in [1.165, 1.54) is 24.3 Å². The summed E-state index contributed by atoms with van der Waals surface area (Å²) >= 11 is 2.86. The third-order valence-electron chi connectivity index (χ3n) is 4.52. The Bertz CT molecular complexity index is 1390. The molecular weight excluding hydrogens is 616 g/mol. The molecule has 0 fully saturated rings. The predicted octanol–water partition coefficient (Wildman–Crippen LogP) is 4.51. The van der Waals surface area contributed by atoms with Gasteiger partial charge in [-0.2, -0.15) is 0 Å². The number of phenolic OH excluding ortho intramolecular Hbond substituents is 1. The van der Waals surface area contributed by atoms with Crippen molar-refractivity contribution in [1.29, 1.82) is 0 Å². The summed E-state index contributed by atoms with van der Waals surface area (Å²) in [6.45, 7) is 5.77. The van der Waals surface area contributed by atoms with Gasteiger partial charge in [-0.1, -0.05) is 15.9 Å². The molecule has 0 aliphatic carbocycles. The lowest BCUT2D eigenvalue weighted by atomic mass is 10.2. The first-order chi connectivity index (χ1) is 19.4. The predicted molar refractivity (Wildman–Crippen MR) is 145 cm³/mol. The highest BCUT2D eigenvalue weighted by Crippen LogP contribution is 2.24. The van der Waals surface area contributed by atoms with Crippen LogP contribution in [0, 0.1) is 20.2 Å². The van der Waals surface area contributed by atoms with Gasteiger partial charge < -0.3 is 23.7 Å². The van der Waals surface area contributed by atoms with E-state index in [0.717, 1.165) is 18.2 Å². The molecule has 1 N–H and O–H groups in total. The van der Waals surface area contributed by atoms with Gasteiger partial charge in [0.15, 0.2) is 6.29 Å². The fourth-order valence-electron chi connectivity index (χ4n) is 2.72. The Morgan fingerprint density at radius 2 is 1.41 bits per heavy atom. The fourth-order valence-corrected chi connectivity index (χ4v) is 2.99. The number of carbonyl (C=O) groups excluding carboxylic acids is 4. The fraction of sp³-hybridized carbons (Fsp3) is 0.280. The van der Waals surface area contributed by atoms with Gasteiger partial charge in [0.05, 0.1) is 35.2 Å². The van der Waals surface area contributed by atoms with Crippen LogP contribution in [0.1, 0.15) is 41.7 Å². The molecule has 0 aliphatic rings. The molecule has 1 heterocycles. The van der Waals surface area contributed by atoms with Crippen LogP contribution in [0.2, 0.25) is 0 Å². The van der Waals surface area contributed by atoms with Gasteiger partial charge in [0.1, 0.15) is 11.3 Å². The number of aldehydes is 1. The van der Waals surface area contributed by atoms with Crippen LogP contribution in [-0.2, 0) is 23.8 Å². The number of aromatic hydroxyl groups is 1. The molecule has 41 heavy (non-hydrogen) atoms. The van der Waals surface area contributed by atoms with E-state index in [-0.39, 0.29) is 48.3 Å². The van der Waals surface area contributed by atoms with Crippen molar-refractivity contribution in [3.8, 4) is 5.75 Å². The first-order valence-corrected chi connectivity index (χ1v) is 12.6. The van der Waals surface area contributed by atoms with Crippen LogP contribution in [0.25, 0.3) is 11.0 Å². The number of halogens is 1. The maximum absolute atomic E-state index is 11.4. The second-order valence-corrected chi connectivity index (χ2v) is 8.21. The van der Waals surface area contributed by atoms with Crippen molar-refractivity contribution in [2.24, 2.45) is 0 Å². The van der Waals surface area contributed by atoms with Gasteiger partial charge in [-0.05, 0) is 39.0 Å². The Labute approximate surface area is 240 Å². The van der Waals surface area contributed by atoms with E-state index in [0.29, 0.717) is 17.3 Å². The van der Waals surface area contributed by atoms with Crippen LogP contribution in [0.5, 0.6) is 5.75 Å². The van der Waals surface area contributed by atoms with Crippen molar-refractivity contribution in [1.82, 2.24) is 0 Å². The molecule has 220 valence electrons. The maximum Gasteiger partial charge on any atom is 0.374 e. The number of hydrogen-bond donors (Lipinski definition) is 1. The summed E-state index contributed by atoms with van der Waals surface area (Å²) in [5.74, 6) is -2.02. The summed E-state index contributed by atoms with van der Waals surface area (Å²) < 4.78 is 19.2. The SMILES string of the molecule is CCOC(=O)C(Br)C(=O)OCC.CCOC(=O)c1cc2cc([N+](=O)[O-])ccc2o1.O=Cc1cc([N+](=O)[O-])ccc1O. The molecule has 0 spiro atoms. The van der Waals surface area contributed by atoms with Gasteiger partial charge in [-0.25, -0.2) is 4.79 Å². The summed E-state index contributed by atoms with van der Waals surface area (Å²) in [7, 11) is 0. The van der Waals surface area contributed by atoms with Gasteiger partial charge in [0.25, 0.3) is 11.4 Å². The average molecular weight is 641 g/mol. The number of hydrogen-bond acceptors (Lipinski definition) is 13. The zero-order valence-electron chi connectivity index (χ0n) is 21.9. The second kappa shape index (κ2) is 17.0. The monoisotopic (exact) mass is 640 g/mol. The molecule has 3 aromatic rings. The lowest BCUT2D eigenvalue weighted by molar-refractivity contribution is -0.385. The van der Waals surface area contributed by atoms with Gasteiger partial charge >= 0.3 is 17.9 Å². The number of nitrogens with zero attached hydrogens (tertiary/aromatic N) is 2. The number of esters is 3. The zero-order chi connectivity index (χ0) is 31.1. The molecule has 0 unspecified atom stereocenters. The minimum absolute atomic E-state index is 0.0438. The third-order valence-corrected chi connectivity index (χ3v) is 5.27. The number of furan rings is 1. The van der Waals surface area contributed by atoms with Crippen LogP contribution in [0.3, 0.4) is 0 Å². The Morgan fingerprint density at radius 3 is 1.90 bits per heavy atom. The van der Waals surface area contributed by atoms with Crippen molar-refractivity contribution < 1.29 is 52.8 Å². The first-order valence-electron chi connectivity index (χ1n) is 11.6. The van der Waals surface area contributed by atoms with Crippen molar-refractivity contribution in [3.05, 3.63) is 74.0 Å². The topological polar surface area (TPSA) is 216 Å². The molecule has 0 aliphatic heterocycles. The van der Waals surface area contributed by atoms with Gasteiger partial charge in [0.2, 0.25) is 10.6 Å². The number of carbonyl (C=O) groups is 4. The van der Waals surface area contributed by atoms with Crippen molar-refractivity contribution in [2.45, 2.75) is 25.6 Å². The number of alkyl halides is 1. The number of fused-ring (bicyclic) bond motifs is 1. The summed E-state index contributed by atoms with van der Waals surface area (Å²) in [5.41, 5.74) is 0.0754. The van der Waals surface area contributed by atoms with Crippen LogP contribution in [-0.4, -0.2) is 63.8 Å². The van der Waals surface area contributed by atoms with E-state index in [9.17, 15) is 39.4 Å². The minimum Gasteiger partial charge on any atom is -0.507 e. The summed E-state index contributed by atoms with van der Waals surface area (Å²) in [6.07, 6.45) is 0.363. The highest BCUT2D eigenvalue weighted by molar-refractivity contribution is 9.10. The Balaban J connectivity index is 0.000000316. The van der Waals surface area contributed by atoms with E-state index in [1.54, 1.807) is 20.8 Å². The van der Waals surface area contributed by atoms with Crippen molar-refractivity contribution >= 4 is 62.5 Å². The van der Waals surface area contributed by atoms with E-state index in [2.05, 4.69) is 25.4 Å². The molecule has 16 heteroatoms. The second-order valence-electron chi connectivity index (χ2n) is 7.30. The molecular formula is C25H25BrN2O13. The molecule has 1 aromatic heterocycles. The summed E-state index contributed by atoms with van der Waals surface area (Å²) in [6, 6.07) is 8.81. The highest BCUT2D eigenvalue weighted by atomic mass is 79.9. The van der Waals surface area contributed by atoms with E-state index >= 15 is 0 Å². The van der Waals surface area contributed by atoms with Crippen molar-refractivity contribution in [3.63, 3.8) is 0 Å². The smallest absolute Gasteiger partial charge is 0.374 e. The lowest BCUT2D eigenvalue weighted by Gasteiger charge is -2.07. The van der Waals surface area contributed by atoms with Crippen LogP contribution in [0.4, 0.5) is 11.4 Å². The Hall–Kier alpha value is -4.86. The number of phenols is 1. The zero-order valence-corrected chi connectivity index (χ0v) is 23.5. The van der Waals surface area contributed by atoms with Gasteiger partial charge in [0, 0.05) is 29.7 Å². The standard InChI is InChI=1S/C11H9NO5.C7H11BrO4.C7H5NO4/c1-2-16-11(13)10-6-7-5-8(12(14)15)3-4-9(7)17-10;1-3-11-6(9)5(8)7(10)12-4-2;9-4-5-3-6(8(11)12)1-2-7(5)10/h3-6H,2H2,1H3;5H,3-4H2,1-2H3;1-4,10H. The molecule has 0 radical (unpaired) electrons. The maximum atomic E-state index is 11.4. The molecule has 15 nitrogen and oxygen atoms in total. The van der Waals surface area contributed by atoms with Crippen LogP contribution in [0.15, 0.2) is 46.9 Å². The Kier molecular flexibility index (Phi) is 14.1. The number of rotatable bonds is 9. The Morgan fingerprint density at radius 1 is 0.902 bits per heavy atom. The first kappa shape index (κ1) is 34.2. The summed E-state index contributed by atoms with van der Waals surface area (Å²) in [5, 5.41) is 30.2. The molecule has 0 bridgehead atoms. The van der Waals surface area contributed by atoms with Crippen LogP contribution < -0.4 is 0 Å². The minimum atomic E-state index is -1.00. The van der Waals surface area contributed by atoms with Gasteiger partial charge in [-0.3, -0.25) is 34.6 Å². The number of non-ortho nitro benzene ring substituents is 2. The van der Waals surface area contributed by atoms with Gasteiger partial charge in [-0.15, -0.1) is 0 Å². The lowest BCUT2D eigenvalue weighted by Crippen LogP contribution is -2.28. The molecule has 2 aromatic carbocycles. The van der Waals surface area contributed by atoms with Crippen molar-refractivity contribution in [2.75, 3.05) is 19.8 Å².